The quantitative estimate of drug-likeness (QED) is 0.512. The van der Waals surface area contributed by atoms with Crippen LogP contribution in [0.5, 0.6) is 5.75 Å². The van der Waals surface area contributed by atoms with Crippen LogP contribution < -0.4 is 4.74 Å². The molecule has 0 bridgehead atoms. The number of carbonyl (C=O) groups is 1. The van der Waals surface area contributed by atoms with Crippen molar-refractivity contribution in [3.8, 4) is 5.75 Å². The van der Waals surface area contributed by atoms with Crippen molar-refractivity contribution in [2.45, 2.75) is 26.2 Å². The summed E-state index contributed by atoms with van der Waals surface area (Å²) in [6.45, 7) is 8.22. The molecule has 2 aliphatic heterocycles. The average Bonchev–Trinajstić information content (AvgIpc) is 3.10. The van der Waals surface area contributed by atoms with E-state index in [4.69, 9.17) is 9.47 Å². The van der Waals surface area contributed by atoms with Gasteiger partial charge in [-0.15, -0.1) is 0 Å². The second kappa shape index (κ2) is 6.87. The van der Waals surface area contributed by atoms with Gasteiger partial charge in [-0.1, -0.05) is 19.6 Å². The molecule has 0 radical (unpaired) electrons. The van der Waals surface area contributed by atoms with E-state index >= 15 is 0 Å². The number of methoxy groups -OCH3 is 2. The topological polar surface area (TPSA) is 54.3 Å². The number of rotatable bonds is 4. The molecule has 142 valence electrons. The van der Waals surface area contributed by atoms with Crippen LogP contribution in [0.3, 0.4) is 0 Å². The van der Waals surface area contributed by atoms with Crippen molar-refractivity contribution in [3.05, 3.63) is 41.6 Å². The van der Waals surface area contributed by atoms with E-state index in [1.54, 1.807) is 7.11 Å². The van der Waals surface area contributed by atoms with Gasteiger partial charge in [0.2, 0.25) is 5.71 Å². The SMILES string of the molecule is C=C(C(=O)OC)C1CC2=[N+](CCc3c2[nH]c2cccc(OC)c32)CC1CC. The molecule has 2 aliphatic rings. The number of hydrogen-bond donors (Lipinski definition) is 1. The maximum absolute atomic E-state index is 12.1. The second-order valence-corrected chi connectivity index (χ2v) is 7.50. The lowest BCUT2D eigenvalue weighted by molar-refractivity contribution is -0.543. The van der Waals surface area contributed by atoms with Crippen molar-refractivity contribution in [1.29, 1.82) is 0 Å². The highest BCUT2D eigenvalue weighted by Crippen LogP contribution is 2.38. The predicted octanol–water partition coefficient (Wildman–Crippen LogP) is 3.31. The summed E-state index contributed by atoms with van der Waals surface area (Å²) in [5.74, 6) is 1.16. The molecule has 1 N–H and O–H groups in total. The number of hydrogen-bond acceptors (Lipinski definition) is 3. The van der Waals surface area contributed by atoms with Crippen LogP contribution in [0.25, 0.3) is 10.9 Å². The third kappa shape index (κ3) is 2.76. The fourth-order valence-electron chi connectivity index (χ4n) is 4.81. The zero-order valence-electron chi connectivity index (χ0n) is 16.3. The number of nitrogens with one attached hydrogen (secondary N) is 1. The van der Waals surface area contributed by atoms with Gasteiger partial charge in [0.15, 0.2) is 0 Å². The molecule has 5 heteroatoms. The van der Waals surface area contributed by atoms with Crippen molar-refractivity contribution in [1.82, 2.24) is 4.98 Å². The number of carbonyl (C=O) groups excluding carboxylic acids is 1. The number of H-pyrrole nitrogens is 1. The van der Waals surface area contributed by atoms with Crippen LogP contribution in [0.15, 0.2) is 30.4 Å². The Morgan fingerprint density at radius 3 is 2.89 bits per heavy atom. The largest absolute Gasteiger partial charge is 0.496 e. The third-order valence-corrected chi connectivity index (χ3v) is 6.27. The monoisotopic (exact) mass is 367 g/mol. The van der Waals surface area contributed by atoms with Crippen LogP contribution in [0.1, 0.15) is 31.0 Å². The predicted molar refractivity (Wildman–Crippen MR) is 106 cm³/mol. The molecule has 2 aromatic rings. The van der Waals surface area contributed by atoms with Crippen molar-refractivity contribution in [2.75, 3.05) is 27.3 Å². The second-order valence-electron chi connectivity index (χ2n) is 7.50. The Labute approximate surface area is 159 Å². The van der Waals surface area contributed by atoms with Crippen LogP contribution in [0.4, 0.5) is 0 Å². The highest BCUT2D eigenvalue weighted by atomic mass is 16.5. The van der Waals surface area contributed by atoms with E-state index in [1.165, 1.54) is 29.5 Å². The van der Waals surface area contributed by atoms with Crippen LogP contribution in [0.2, 0.25) is 0 Å². The molecule has 1 aromatic carbocycles. The van der Waals surface area contributed by atoms with Crippen LogP contribution >= 0.6 is 0 Å². The minimum atomic E-state index is -0.290. The minimum absolute atomic E-state index is 0.118. The summed E-state index contributed by atoms with van der Waals surface area (Å²) in [6, 6.07) is 6.13. The van der Waals surface area contributed by atoms with Crippen molar-refractivity contribution < 1.29 is 18.8 Å². The molecular weight excluding hydrogens is 340 g/mol. The summed E-state index contributed by atoms with van der Waals surface area (Å²) < 4.78 is 13.1. The molecule has 2 atom stereocenters. The molecule has 0 saturated carbocycles. The average molecular weight is 367 g/mol. The molecule has 0 amide bonds. The van der Waals surface area contributed by atoms with E-state index in [9.17, 15) is 4.79 Å². The maximum atomic E-state index is 12.1. The van der Waals surface area contributed by atoms with Crippen molar-refractivity contribution in [2.24, 2.45) is 11.8 Å². The number of benzene rings is 1. The van der Waals surface area contributed by atoms with Crippen molar-refractivity contribution in [3.63, 3.8) is 0 Å². The summed E-state index contributed by atoms with van der Waals surface area (Å²) >= 11 is 0. The maximum Gasteiger partial charge on any atom is 0.333 e. The summed E-state index contributed by atoms with van der Waals surface area (Å²) in [5.41, 5.74) is 5.50. The smallest absolute Gasteiger partial charge is 0.333 e. The van der Waals surface area contributed by atoms with Crippen molar-refractivity contribution >= 4 is 22.6 Å². The molecule has 2 unspecified atom stereocenters. The molecule has 1 aromatic heterocycles. The Hall–Kier alpha value is -2.56. The number of nitrogens with zero attached hydrogens (tertiary/aromatic N) is 1. The lowest BCUT2D eigenvalue weighted by Crippen LogP contribution is -2.43. The molecule has 3 heterocycles. The third-order valence-electron chi connectivity index (χ3n) is 6.27. The van der Waals surface area contributed by atoms with Crippen LogP contribution in [0, 0.1) is 11.8 Å². The van der Waals surface area contributed by atoms with E-state index in [0.717, 1.165) is 43.6 Å². The van der Waals surface area contributed by atoms with E-state index in [1.807, 2.05) is 12.1 Å². The Morgan fingerprint density at radius 2 is 2.19 bits per heavy atom. The lowest BCUT2D eigenvalue weighted by Gasteiger charge is -2.32. The Balaban J connectivity index is 1.80. The summed E-state index contributed by atoms with van der Waals surface area (Å²) in [6.07, 6.45) is 2.84. The van der Waals surface area contributed by atoms with E-state index in [0.29, 0.717) is 11.5 Å². The van der Waals surface area contributed by atoms with Gasteiger partial charge < -0.3 is 14.5 Å². The number of aromatic amines is 1. The van der Waals surface area contributed by atoms with Gasteiger partial charge in [0.1, 0.15) is 24.5 Å². The summed E-state index contributed by atoms with van der Waals surface area (Å²) in [5, 5.41) is 1.18. The first-order valence-corrected chi connectivity index (χ1v) is 9.64. The first kappa shape index (κ1) is 17.8. The van der Waals surface area contributed by atoms with Gasteiger partial charge >= 0.3 is 5.97 Å². The van der Waals surface area contributed by atoms with Gasteiger partial charge in [0.05, 0.1) is 19.7 Å². The normalized spacial score (nSPS) is 21.6. The van der Waals surface area contributed by atoms with Gasteiger partial charge in [-0.3, -0.25) is 0 Å². The molecular formula is C22H27N2O3+. The fourth-order valence-corrected chi connectivity index (χ4v) is 4.81. The highest BCUT2D eigenvalue weighted by molar-refractivity contribution is 6.05. The first-order chi connectivity index (χ1) is 13.1. The molecule has 5 nitrogen and oxygen atoms in total. The highest BCUT2D eigenvalue weighted by Gasteiger charge is 2.42. The summed E-state index contributed by atoms with van der Waals surface area (Å²) in [4.78, 5) is 15.8. The van der Waals surface area contributed by atoms with Gasteiger partial charge in [-0.25, -0.2) is 9.37 Å². The number of fused-ring (bicyclic) bond motifs is 4. The molecule has 27 heavy (non-hydrogen) atoms. The molecule has 0 saturated heterocycles. The van der Waals surface area contributed by atoms with Crippen LogP contribution in [-0.4, -0.2) is 48.5 Å². The number of aromatic nitrogens is 1. The van der Waals surface area contributed by atoms with E-state index < -0.39 is 0 Å². The Bertz CT molecular complexity index is 954. The number of ether oxygens (including phenoxy) is 2. The van der Waals surface area contributed by atoms with Gasteiger partial charge in [0, 0.05) is 41.2 Å². The molecule has 0 spiro atoms. The Morgan fingerprint density at radius 1 is 1.37 bits per heavy atom. The van der Waals surface area contributed by atoms with E-state index in [-0.39, 0.29) is 11.9 Å². The summed E-state index contributed by atoms with van der Waals surface area (Å²) in [7, 11) is 3.15. The number of esters is 1. The molecule has 4 rings (SSSR count). The van der Waals surface area contributed by atoms with Crippen LogP contribution in [-0.2, 0) is 16.0 Å². The van der Waals surface area contributed by atoms with Gasteiger partial charge in [-0.2, -0.15) is 0 Å². The zero-order valence-corrected chi connectivity index (χ0v) is 16.3. The van der Waals surface area contributed by atoms with E-state index in [2.05, 4.69) is 29.1 Å². The lowest BCUT2D eigenvalue weighted by atomic mass is 9.76. The minimum Gasteiger partial charge on any atom is -0.496 e. The molecule has 0 fully saturated rings. The zero-order chi connectivity index (χ0) is 19.1. The first-order valence-electron chi connectivity index (χ1n) is 9.64. The standard InChI is InChI=1S/C22H26N2O3/c1-5-14-12-24-10-9-15-20-17(7-6-8-19(20)26-3)23-21(15)18(24)11-16(14)13(2)22(25)27-4/h6-8,14,16H,2,5,9-12H2,1,3-4H3/p+1. The fraction of sp³-hybridized carbons (Fsp3) is 0.455. The Kier molecular flexibility index (Phi) is 4.54. The molecule has 0 aliphatic carbocycles. The van der Waals surface area contributed by atoms with Gasteiger partial charge in [0.25, 0.3) is 0 Å². The van der Waals surface area contributed by atoms with Gasteiger partial charge in [-0.05, 0) is 18.6 Å².